The molecule has 0 saturated carbocycles. The summed E-state index contributed by atoms with van der Waals surface area (Å²) in [5, 5.41) is 11.4. The number of piperidine rings is 1. The van der Waals surface area contributed by atoms with Crippen molar-refractivity contribution in [1.29, 1.82) is 0 Å². The zero-order valence-corrected chi connectivity index (χ0v) is 15.1. The van der Waals surface area contributed by atoms with Gasteiger partial charge in [0.25, 0.3) is 5.69 Å². The molecule has 2 aliphatic rings. The Hall–Kier alpha value is -1.89. The van der Waals surface area contributed by atoms with Crippen LogP contribution in [0.1, 0.15) is 26.7 Å². The molecule has 7 heteroatoms. The number of halogens is 1. The van der Waals surface area contributed by atoms with Crippen LogP contribution in [0.4, 0.5) is 21.5 Å². The summed E-state index contributed by atoms with van der Waals surface area (Å²) in [6.07, 6.45) is 2.03. The monoisotopic (exact) mass is 350 g/mol. The molecule has 25 heavy (non-hydrogen) atoms. The molecule has 0 radical (unpaired) electrons. The smallest absolute Gasteiger partial charge is 0.295 e. The first kappa shape index (κ1) is 17.9. The molecule has 2 aliphatic heterocycles. The third-order valence-electron chi connectivity index (χ3n) is 5.53. The second kappa shape index (κ2) is 7.56. The second-order valence-electron chi connectivity index (χ2n) is 7.14. The Morgan fingerprint density at radius 2 is 1.68 bits per heavy atom. The number of nitro benzene ring substituents is 1. The van der Waals surface area contributed by atoms with Crippen molar-refractivity contribution < 1.29 is 9.31 Å². The second-order valence-corrected chi connectivity index (χ2v) is 7.14. The van der Waals surface area contributed by atoms with Gasteiger partial charge in [-0.1, -0.05) is 13.8 Å². The molecule has 2 saturated heterocycles. The summed E-state index contributed by atoms with van der Waals surface area (Å²) in [6, 6.07) is 2.81. The lowest BCUT2D eigenvalue weighted by Gasteiger charge is -2.37. The van der Waals surface area contributed by atoms with E-state index >= 15 is 0 Å². The summed E-state index contributed by atoms with van der Waals surface area (Å²) in [7, 11) is 0. The summed E-state index contributed by atoms with van der Waals surface area (Å²) in [6.45, 7) is 10.2. The number of nitro groups is 1. The van der Waals surface area contributed by atoms with E-state index in [0.717, 1.165) is 64.7 Å². The molecule has 0 unspecified atom stereocenters. The summed E-state index contributed by atoms with van der Waals surface area (Å²) >= 11 is 0. The lowest BCUT2D eigenvalue weighted by molar-refractivity contribution is -0.384. The van der Waals surface area contributed by atoms with Crippen LogP contribution in [0, 0.1) is 21.8 Å². The van der Waals surface area contributed by atoms with E-state index in [1.807, 2.05) is 9.80 Å². The van der Waals surface area contributed by atoms with E-state index in [1.54, 1.807) is 6.07 Å². The first-order chi connectivity index (χ1) is 12.0. The minimum Gasteiger partial charge on any atom is -0.367 e. The van der Waals surface area contributed by atoms with Crippen molar-refractivity contribution in [3.8, 4) is 0 Å². The number of nitrogens with zero attached hydrogens (tertiary/aromatic N) is 4. The van der Waals surface area contributed by atoms with E-state index in [0.29, 0.717) is 17.3 Å². The third kappa shape index (κ3) is 3.86. The predicted molar refractivity (Wildman–Crippen MR) is 98.0 cm³/mol. The van der Waals surface area contributed by atoms with Crippen molar-refractivity contribution in [2.75, 3.05) is 55.6 Å². The van der Waals surface area contributed by atoms with E-state index in [-0.39, 0.29) is 5.69 Å². The van der Waals surface area contributed by atoms with Crippen LogP contribution < -0.4 is 9.80 Å². The van der Waals surface area contributed by atoms with Gasteiger partial charge in [0.1, 0.15) is 5.69 Å². The predicted octanol–water partition coefficient (Wildman–Crippen LogP) is 3.11. The molecule has 0 atom stereocenters. The van der Waals surface area contributed by atoms with Gasteiger partial charge in [0, 0.05) is 39.3 Å². The number of hydrogen-bond acceptors (Lipinski definition) is 5. The zero-order chi connectivity index (χ0) is 18.0. The largest absolute Gasteiger partial charge is 0.367 e. The van der Waals surface area contributed by atoms with Crippen molar-refractivity contribution in [2.24, 2.45) is 5.92 Å². The highest BCUT2D eigenvalue weighted by molar-refractivity contribution is 5.71. The maximum absolute atomic E-state index is 14.6. The van der Waals surface area contributed by atoms with E-state index in [4.69, 9.17) is 0 Å². The summed E-state index contributed by atoms with van der Waals surface area (Å²) in [4.78, 5) is 17.4. The van der Waals surface area contributed by atoms with Crippen LogP contribution in [0.2, 0.25) is 0 Å². The van der Waals surface area contributed by atoms with Crippen LogP contribution >= 0.6 is 0 Å². The Morgan fingerprint density at radius 1 is 1.08 bits per heavy atom. The average Bonchev–Trinajstić information content (AvgIpc) is 2.62. The molecule has 0 amide bonds. The SMILES string of the molecule is CCN1CCN(c2cc(N3CCC(C)CC3)c([N+](=O)[O-])cc2F)CC1. The van der Waals surface area contributed by atoms with Crippen molar-refractivity contribution in [2.45, 2.75) is 26.7 Å². The Labute approximate surface area is 148 Å². The lowest BCUT2D eigenvalue weighted by atomic mass is 9.98. The summed E-state index contributed by atoms with van der Waals surface area (Å²) in [5.41, 5.74) is 0.934. The van der Waals surface area contributed by atoms with Crippen molar-refractivity contribution in [3.63, 3.8) is 0 Å². The number of rotatable bonds is 4. The van der Waals surface area contributed by atoms with Gasteiger partial charge in [-0.25, -0.2) is 4.39 Å². The minimum absolute atomic E-state index is 0.122. The van der Waals surface area contributed by atoms with Crippen LogP contribution in [0.3, 0.4) is 0 Å². The topological polar surface area (TPSA) is 52.9 Å². The molecule has 0 N–H and O–H groups in total. The van der Waals surface area contributed by atoms with E-state index in [9.17, 15) is 14.5 Å². The standard InChI is InChI=1S/C18H27FN4O2/c1-3-20-8-10-22(11-9-20)16-13-17(18(23(24)25)12-15(16)19)21-6-4-14(2)5-7-21/h12-14H,3-11H2,1-2H3. The summed E-state index contributed by atoms with van der Waals surface area (Å²) in [5.74, 6) is 0.142. The van der Waals surface area contributed by atoms with Crippen LogP contribution in [-0.2, 0) is 0 Å². The van der Waals surface area contributed by atoms with Crippen LogP contribution in [0.5, 0.6) is 0 Å². The van der Waals surface area contributed by atoms with Crippen LogP contribution in [0.15, 0.2) is 12.1 Å². The fourth-order valence-electron chi connectivity index (χ4n) is 3.74. The molecule has 0 aliphatic carbocycles. The quantitative estimate of drug-likeness (QED) is 0.617. The molecule has 6 nitrogen and oxygen atoms in total. The molecule has 2 fully saturated rings. The number of anilines is 2. The molecule has 2 heterocycles. The van der Waals surface area contributed by atoms with Gasteiger partial charge in [0.15, 0.2) is 5.82 Å². The average molecular weight is 350 g/mol. The molecule has 0 spiro atoms. The van der Waals surface area contributed by atoms with Crippen LogP contribution in [0.25, 0.3) is 0 Å². The Kier molecular flexibility index (Phi) is 5.42. The maximum Gasteiger partial charge on any atom is 0.295 e. The van der Waals surface area contributed by atoms with Crippen LogP contribution in [-0.4, -0.2) is 55.6 Å². The van der Waals surface area contributed by atoms with Gasteiger partial charge in [-0.15, -0.1) is 0 Å². The van der Waals surface area contributed by atoms with Crippen molar-refractivity contribution in [3.05, 3.63) is 28.1 Å². The maximum atomic E-state index is 14.6. The Balaban J connectivity index is 1.89. The molecular weight excluding hydrogens is 323 g/mol. The zero-order valence-electron chi connectivity index (χ0n) is 15.1. The third-order valence-corrected chi connectivity index (χ3v) is 5.53. The Morgan fingerprint density at radius 3 is 2.24 bits per heavy atom. The normalized spacial score (nSPS) is 20.1. The van der Waals surface area contributed by atoms with E-state index in [1.165, 1.54) is 0 Å². The minimum atomic E-state index is -0.495. The lowest BCUT2D eigenvalue weighted by Crippen LogP contribution is -2.46. The van der Waals surface area contributed by atoms with Crippen molar-refractivity contribution in [1.82, 2.24) is 4.90 Å². The van der Waals surface area contributed by atoms with Gasteiger partial charge in [-0.05, 0) is 31.4 Å². The molecule has 0 aromatic heterocycles. The molecule has 1 aromatic carbocycles. The molecule has 0 bridgehead atoms. The fraction of sp³-hybridized carbons (Fsp3) is 0.667. The highest BCUT2D eigenvalue weighted by Crippen LogP contribution is 2.37. The van der Waals surface area contributed by atoms with E-state index in [2.05, 4.69) is 18.7 Å². The van der Waals surface area contributed by atoms with E-state index < -0.39 is 10.7 Å². The summed E-state index contributed by atoms with van der Waals surface area (Å²) < 4.78 is 14.6. The molecule has 138 valence electrons. The highest BCUT2D eigenvalue weighted by atomic mass is 19.1. The fourth-order valence-corrected chi connectivity index (χ4v) is 3.74. The highest BCUT2D eigenvalue weighted by Gasteiger charge is 2.28. The molecule has 1 aromatic rings. The number of likely N-dealkylation sites (N-methyl/N-ethyl adjacent to an activating group) is 1. The van der Waals surface area contributed by atoms with Gasteiger partial charge >= 0.3 is 0 Å². The first-order valence-corrected chi connectivity index (χ1v) is 9.19. The van der Waals surface area contributed by atoms with Gasteiger partial charge < -0.3 is 14.7 Å². The number of piperazine rings is 1. The van der Waals surface area contributed by atoms with Crippen molar-refractivity contribution >= 4 is 17.1 Å². The first-order valence-electron chi connectivity index (χ1n) is 9.19. The Bertz CT molecular complexity index is 624. The van der Waals surface area contributed by atoms with Gasteiger partial charge in [-0.2, -0.15) is 0 Å². The van der Waals surface area contributed by atoms with Gasteiger partial charge in [0.2, 0.25) is 0 Å². The number of hydrogen-bond donors (Lipinski definition) is 0. The number of benzene rings is 1. The molecular formula is C18H27FN4O2. The van der Waals surface area contributed by atoms with Gasteiger partial charge in [-0.3, -0.25) is 10.1 Å². The molecule has 3 rings (SSSR count). The van der Waals surface area contributed by atoms with Gasteiger partial charge in [0.05, 0.1) is 16.7 Å².